The summed E-state index contributed by atoms with van der Waals surface area (Å²) >= 11 is 19.0. The van der Waals surface area contributed by atoms with Crippen LogP contribution in [0, 0.1) is 6.92 Å². The highest BCUT2D eigenvalue weighted by atomic mass is 35.5. The Morgan fingerprint density at radius 1 is 1.14 bits per heavy atom. The average Bonchev–Trinajstić information content (AvgIpc) is 3.09. The minimum atomic E-state index is -0.224. The number of aromatic amines is 1. The average molecular weight is 452 g/mol. The van der Waals surface area contributed by atoms with Crippen molar-refractivity contribution in [1.82, 2.24) is 9.97 Å². The van der Waals surface area contributed by atoms with Crippen molar-refractivity contribution in [2.24, 2.45) is 0 Å². The van der Waals surface area contributed by atoms with Crippen molar-refractivity contribution in [3.63, 3.8) is 0 Å². The number of aromatic nitrogens is 2. The number of carbonyl (C=O) groups excluding carboxylic acids is 1. The molecule has 2 aromatic carbocycles. The van der Waals surface area contributed by atoms with Crippen LogP contribution in [0.15, 0.2) is 36.4 Å². The lowest BCUT2D eigenvalue weighted by atomic mass is 9.94. The predicted octanol–water partition coefficient (Wildman–Crippen LogP) is 5.96. The molecule has 0 radical (unpaired) electrons. The highest BCUT2D eigenvalue weighted by Gasteiger charge is 2.31. The van der Waals surface area contributed by atoms with Gasteiger partial charge in [-0.2, -0.15) is 0 Å². The van der Waals surface area contributed by atoms with E-state index in [4.69, 9.17) is 34.8 Å². The Hall–Kier alpha value is -1.95. The normalized spacial score (nSPS) is 21.9. The molecular weight excluding hydrogens is 431 g/mol. The van der Waals surface area contributed by atoms with Gasteiger partial charge in [0.15, 0.2) is 0 Å². The molecule has 2 atom stereocenters. The molecule has 1 aliphatic rings. The van der Waals surface area contributed by atoms with Crippen molar-refractivity contribution in [2.45, 2.75) is 43.0 Å². The molecule has 1 amide bonds. The number of anilines is 2. The summed E-state index contributed by atoms with van der Waals surface area (Å²) < 4.78 is 0. The monoisotopic (exact) mass is 450 g/mol. The van der Waals surface area contributed by atoms with E-state index < -0.39 is 0 Å². The van der Waals surface area contributed by atoms with Crippen molar-refractivity contribution >= 4 is 63.4 Å². The van der Waals surface area contributed by atoms with Gasteiger partial charge in [-0.15, -0.1) is 23.2 Å². The van der Waals surface area contributed by atoms with Gasteiger partial charge in [-0.1, -0.05) is 24.1 Å². The number of benzene rings is 2. The summed E-state index contributed by atoms with van der Waals surface area (Å²) in [6.07, 6.45) is 2.89. The van der Waals surface area contributed by atoms with E-state index in [1.165, 1.54) is 0 Å². The number of hydrogen-bond donors (Lipinski definition) is 3. The van der Waals surface area contributed by atoms with E-state index in [1.54, 1.807) is 18.2 Å². The lowest BCUT2D eigenvalue weighted by molar-refractivity contribution is 0.102. The number of halogens is 3. The fraction of sp³-hybridized carbons (Fsp3) is 0.333. The molecule has 152 valence electrons. The van der Waals surface area contributed by atoms with Crippen LogP contribution in [0.2, 0.25) is 5.02 Å². The van der Waals surface area contributed by atoms with Crippen molar-refractivity contribution in [1.29, 1.82) is 0 Å². The molecule has 1 aromatic heterocycles. The van der Waals surface area contributed by atoms with Gasteiger partial charge >= 0.3 is 0 Å². The summed E-state index contributed by atoms with van der Waals surface area (Å²) in [6, 6.07) is 10.7. The zero-order valence-corrected chi connectivity index (χ0v) is 18.1. The Morgan fingerprint density at radius 2 is 1.90 bits per heavy atom. The van der Waals surface area contributed by atoms with Gasteiger partial charge in [0, 0.05) is 16.3 Å². The number of fused-ring (bicyclic) bond motifs is 1. The molecule has 1 aliphatic carbocycles. The molecule has 2 unspecified atom stereocenters. The Labute approximate surface area is 184 Å². The number of aryl methyl sites for hydroxylation is 1. The number of H-pyrrole nitrogens is 1. The first kappa shape index (κ1) is 20.3. The maximum Gasteiger partial charge on any atom is 0.255 e. The third kappa shape index (κ3) is 4.47. The summed E-state index contributed by atoms with van der Waals surface area (Å²) in [7, 11) is 0. The molecule has 3 N–H and O–H groups in total. The molecule has 0 saturated heterocycles. The number of hydrogen-bond acceptors (Lipinski definition) is 3. The Bertz CT molecular complexity index is 1040. The molecule has 29 heavy (non-hydrogen) atoms. The Balaban J connectivity index is 1.51. The summed E-state index contributed by atoms with van der Waals surface area (Å²) in [5.74, 6) is 0.379. The highest BCUT2D eigenvalue weighted by Crippen LogP contribution is 2.30. The van der Waals surface area contributed by atoms with Gasteiger partial charge in [-0.3, -0.25) is 4.79 Å². The SMILES string of the molecule is Cc1ccc(NC(=O)c2ccc3[nH]c(NC4C(Cl)CCCC4Cl)nc3c2)cc1Cl. The van der Waals surface area contributed by atoms with Gasteiger partial charge in [0.2, 0.25) is 5.95 Å². The van der Waals surface area contributed by atoms with Gasteiger partial charge in [0.05, 0.1) is 27.8 Å². The van der Waals surface area contributed by atoms with Crippen LogP contribution >= 0.6 is 34.8 Å². The number of rotatable bonds is 4. The number of amides is 1. The Kier molecular flexibility index (Phi) is 5.91. The van der Waals surface area contributed by atoms with Gasteiger partial charge in [0.1, 0.15) is 0 Å². The third-order valence-corrected chi connectivity index (χ3v) is 6.60. The first-order valence-electron chi connectivity index (χ1n) is 9.52. The third-order valence-electron chi connectivity index (χ3n) is 5.22. The van der Waals surface area contributed by atoms with Crippen LogP contribution in [0.3, 0.4) is 0 Å². The van der Waals surface area contributed by atoms with Crippen LogP contribution in [0.5, 0.6) is 0 Å². The van der Waals surface area contributed by atoms with Crippen molar-refractivity contribution in [3.05, 3.63) is 52.5 Å². The van der Waals surface area contributed by atoms with Gasteiger partial charge < -0.3 is 15.6 Å². The van der Waals surface area contributed by atoms with E-state index in [2.05, 4.69) is 20.6 Å². The van der Waals surface area contributed by atoms with E-state index in [9.17, 15) is 4.79 Å². The summed E-state index contributed by atoms with van der Waals surface area (Å²) in [5.41, 5.74) is 3.63. The van der Waals surface area contributed by atoms with Crippen LogP contribution in [0.4, 0.5) is 11.6 Å². The zero-order chi connectivity index (χ0) is 20.5. The summed E-state index contributed by atoms with van der Waals surface area (Å²) in [6.45, 7) is 1.91. The van der Waals surface area contributed by atoms with E-state index in [0.717, 1.165) is 30.3 Å². The van der Waals surface area contributed by atoms with Crippen LogP contribution in [0.1, 0.15) is 35.2 Å². The maximum atomic E-state index is 12.6. The second kappa shape index (κ2) is 8.42. The smallest absolute Gasteiger partial charge is 0.255 e. The quantitative estimate of drug-likeness (QED) is 0.429. The molecule has 5 nitrogen and oxygen atoms in total. The van der Waals surface area contributed by atoms with Crippen LogP contribution in [-0.4, -0.2) is 32.7 Å². The van der Waals surface area contributed by atoms with Gasteiger partial charge in [-0.25, -0.2) is 4.98 Å². The molecule has 0 bridgehead atoms. The minimum absolute atomic E-state index is 0.0397. The topological polar surface area (TPSA) is 69.8 Å². The molecule has 3 aromatic rings. The van der Waals surface area contributed by atoms with E-state index in [-0.39, 0.29) is 22.7 Å². The van der Waals surface area contributed by atoms with Crippen molar-refractivity contribution < 1.29 is 4.79 Å². The maximum absolute atomic E-state index is 12.6. The molecule has 1 heterocycles. The Morgan fingerprint density at radius 3 is 2.62 bits per heavy atom. The minimum Gasteiger partial charge on any atom is -0.350 e. The summed E-state index contributed by atoms with van der Waals surface area (Å²) in [5, 5.41) is 6.72. The summed E-state index contributed by atoms with van der Waals surface area (Å²) in [4.78, 5) is 20.4. The largest absolute Gasteiger partial charge is 0.350 e. The number of nitrogens with zero attached hydrogens (tertiary/aromatic N) is 1. The molecule has 8 heteroatoms. The van der Waals surface area contributed by atoms with E-state index in [1.807, 2.05) is 25.1 Å². The standard InChI is InChI=1S/C21H21Cl3N4O/c1-11-5-7-13(10-16(11)24)25-20(29)12-6-8-17-18(9-12)27-21(26-17)28-19-14(22)3-2-4-15(19)23/h5-10,14-15,19H,2-4H2,1H3,(H,25,29)(H2,26,27,28). The van der Waals surface area contributed by atoms with E-state index in [0.29, 0.717) is 27.7 Å². The van der Waals surface area contributed by atoms with Gasteiger partial charge in [0.25, 0.3) is 5.91 Å². The first-order chi connectivity index (χ1) is 13.9. The van der Waals surface area contributed by atoms with Gasteiger partial charge in [-0.05, 0) is 55.7 Å². The predicted molar refractivity (Wildman–Crippen MR) is 121 cm³/mol. The molecule has 1 fully saturated rings. The van der Waals surface area contributed by atoms with Crippen LogP contribution < -0.4 is 10.6 Å². The number of alkyl halides is 2. The second-order valence-corrected chi connectivity index (χ2v) is 8.90. The fourth-order valence-corrected chi connectivity index (χ4v) is 4.56. The van der Waals surface area contributed by atoms with Crippen LogP contribution in [0.25, 0.3) is 11.0 Å². The van der Waals surface area contributed by atoms with Crippen molar-refractivity contribution in [2.75, 3.05) is 10.6 Å². The number of carbonyl (C=O) groups is 1. The molecule has 0 aliphatic heterocycles. The molecule has 4 rings (SSSR count). The molecule has 1 saturated carbocycles. The highest BCUT2D eigenvalue weighted by molar-refractivity contribution is 6.31. The lowest BCUT2D eigenvalue weighted by Crippen LogP contribution is -2.41. The van der Waals surface area contributed by atoms with E-state index >= 15 is 0 Å². The van der Waals surface area contributed by atoms with Crippen LogP contribution in [-0.2, 0) is 0 Å². The second-order valence-electron chi connectivity index (χ2n) is 7.37. The molecular formula is C21H21Cl3N4O. The lowest BCUT2D eigenvalue weighted by Gasteiger charge is -2.31. The number of imidazole rings is 1. The fourth-order valence-electron chi connectivity index (χ4n) is 3.52. The van der Waals surface area contributed by atoms with Crippen molar-refractivity contribution in [3.8, 4) is 0 Å². The zero-order valence-electron chi connectivity index (χ0n) is 15.8. The molecule has 0 spiro atoms. The first-order valence-corrected chi connectivity index (χ1v) is 10.8. The number of nitrogens with one attached hydrogen (secondary N) is 3.